The van der Waals surface area contributed by atoms with Gasteiger partial charge in [0.25, 0.3) is 0 Å². The standard InChI is InChI=1S/C46H31N5S/c47-28-29-11-8-14-32(25-29)45-48-44(30-12-2-1-3-13-30)49-46(50-45)33-15-9-16-34(26-33)51-40-21-6-4-17-36(40)39-27-31(23-24-41(39)51)35-19-10-20-38-37-18-5-7-22-42(37)52-43(35)38/h1-27,45-46,50H,(H,48,49). The van der Waals surface area contributed by atoms with Crippen LogP contribution in [0.25, 0.3) is 58.8 Å². The summed E-state index contributed by atoms with van der Waals surface area (Å²) in [5.74, 6) is 0.806. The molecular formula is C46H31N5S. The average Bonchev–Trinajstić information content (AvgIpc) is 3.77. The molecule has 1 aliphatic heterocycles. The van der Waals surface area contributed by atoms with Gasteiger partial charge in [0.1, 0.15) is 18.2 Å². The van der Waals surface area contributed by atoms with Crippen LogP contribution in [0.3, 0.4) is 0 Å². The maximum absolute atomic E-state index is 9.61. The number of para-hydroxylation sites is 1. The number of thiophene rings is 1. The van der Waals surface area contributed by atoms with Gasteiger partial charge in [0.15, 0.2) is 0 Å². The molecule has 0 amide bonds. The quantitative estimate of drug-likeness (QED) is 0.190. The Morgan fingerprint density at radius 1 is 0.596 bits per heavy atom. The summed E-state index contributed by atoms with van der Waals surface area (Å²) in [6.07, 6.45) is -0.569. The topological polar surface area (TPSA) is 65.1 Å². The van der Waals surface area contributed by atoms with Gasteiger partial charge in [0.05, 0.1) is 22.7 Å². The molecule has 2 atom stereocenters. The number of fused-ring (bicyclic) bond motifs is 6. The summed E-state index contributed by atoms with van der Waals surface area (Å²) >= 11 is 1.87. The largest absolute Gasteiger partial charge is 0.350 e. The van der Waals surface area contributed by atoms with Crippen LogP contribution < -0.4 is 10.6 Å². The van der Waals surface area contributed by atoms with Crippen LogP contribution in [0.4, 0.5) is 0 Å². The second-order valence-corrected chi connectivity index (χ2v) is 14.2. The molecule has 5 nitrogen and oxygen atoms in total. The van der Waals surface area contributed by atoms with Crippen LogP contribution in [-0.4, -0.2) is 10.4 Å². The van der Waals surface area contributed by atoms with Gasteiger partial charge in [-0.3, -0.25) is 5.32 Å². The molecule has 0 aliphatic carbocycles. The molecule has 6 heteroatoms. The number of aromatic nitrogens is 1. The van der Waals surface area contributed by atoms with Crippen LogP contribution in [0.15, 0.2) is 169 Å². The number of nitrogens with one attached hydrogen (secondary N) is 2. The first-order valence-electron chi connectivity index (χ1n) is 17.4. The Bertz CT molecular complexity index is 2890. The third kappa shape index (κ3) is 5.06. The first-order valence-corrected chi connectivity index (χ1v) is 18.2. The molecule has 2 N–H and O–H groups in total. The summed E-state index contributed by atoms with van der Waals surface area (Å²) in [5, 5.41) is 22.1. The Kier molecular flexibility index (Phi) is 7.21. The van der Waals surface area contributed by atoms with Gasteiger partial charge in [-0.25, -0.2) is 4.99 Å². The zero-order valence-electron chi connectivity index (χ0n) is 28.0. The van der Waals surface area contributed by atoms with E-state index in [-0.39, 0.29) is 12.3 Å². The van der Waals surface area contributed by atoms with E-state index in [0.29, 0.717) is 5.56 Å². The third-order valence-electron chi connectivity index (χ3n) is 10.1. The maximum Gasteiger partial charge on any atom is 0.131 e. The van der Waals surface area contributed by atoms with Gasteiger partial charge < -0.3 is 9.88 Å². The molecule has 2 unspecified atom stereocenters. The van der Waals surface area contributed by atoms with Crippen molar-refractivity contribution in [2.24, 2.45) is 4.99 Å². The number of rotatable bonds is 5. The summed E-state index contributed by atoms with van der Waals surface area (Å²) in [6.45, 7) is 0. The summed E-state index contributed by atoms with van der Waals surface area (Å²) in [6, 6.07) is 59.9. The third-order valence-corrected chi connectivity index (χ3v) is 11.3. The minimum absolute atomic E-state index is 0.232. The summed E-state index contributed by atoms with van der Waals surface area (Å²) < 4.78 is 5.01. The molecule has 0 saturated carbocycles. The van der Waals surface area contributed by atoms with Crippen molar-refractivity contribution in [3.8, 4) is 22.9 Å². The molecule has 7 aromatic carbocycles. The molecule has 0 fully saturated rings. The highest BCUT2D eigenvalue weighted by molar-refractivity contribution is 7.26. The molecule has 2 aromatic heterocycles. The second kappa shape index (κ2) is 12.4. The van der Waals surface area contributed by atoms with Crippen LogP contribution in [-0.2, 0) is 0 Å². The lowest BCUT2D eigenvalue weighted by Gasteiger charge is -2.32. The van der Waals surface area contributed by atoms with E-state index in [1.165, 1.54) is 42.1 Å². The Morgan fingerprint density at radius 3 is 2.25 bits per heavy atom. The average molecular weight is 686 g/mol. The van der Waals surface area contributed by atoms with Crippen molar-refractivity contribution >= 4 is 59.2 Å². The lowest BCUT2D eigenvalue weighted by atomic mass is 10.0. The normalized spacial score (nSPS) is 15.9. The van der Waals surface area contributed by atoms with Crippen LogP contribution in [0.1, 0.15) is 34.6 Å². The van der Waals surface area contributed by atoms with Crippen molar-refractivity contribution in [1.82, 2.24) is 15.2 Å². The zero-order chi connectivity index (χ0) is 34.6. The fraction of sp³-hybridized carbons (Fsp3) is 0.0435. The lowest BCUT2D eigenvalue weighted by molar-refractivity contribution is 0.409. The molecule has 0 bridgehead atoms. The lowest BCUT2D eigenvalue weighted by Crippen LogP contribution is -2.45. The van der Waals surface area contributed by atoms with E-state index >= 15 is 0 Å². The molecule has 0 radical (unpaired) electrons. The van der Waals surface area contributed by atoms with Crippen molar-refractivity contribution in [2.75, 3.05) is 0 Å². The number of hydrogen-bond acceptors (Lipinski definition) is 5. The maximum atomic E-state index is 9.61. The number of nitriles is 1. The smallest absolute Gasteiger partial charge is 0.131 e. The van der Waals surface area contributed by atoms with Crippen molar-refractivity contribution < 1.29 is 0 Å². The Morgan fingerprint density at radius 2 is 1.35 bits per heavy atom. The fourth-order valence-corrected chi connectivity index (χ4v) is 8.90. The highest BCUT2D eigenvalue weighted by Crippen LogP contribution is 2.42. The highest BCUT2D eigenvalue weighted by atomic mass is 32.1. The van der Waals surface area contributed by atoms with E-state index in [9.17, 15) is 5.26 Å². The Labute approximate surface area is 304 Å². The Balaban J connectivity index is 1.08. The molecule has 52 heavy (non-hydrogen) atoms. The predicted molar refractivity (Wildman–Crippen MR) is 215 cm³/mol. The van der Waals surface area contributed by atoms with Gasteiger partial charge in [-0.2, -0.15) is 5.26 Å². The minimum Gasteiger partial charge on any atom is -0.350 e. The van der Waals surface area contributed by atoms with Crippen molar-refractivity contribution in [2.45, 2.75) is 12.3 Å². The minimum atomic E-state index is -0.338. The van der Waals surface area contributed by atoms with Gasteiger partial charge in [0.2, 0.25) is 0 Å². The van der Waals surface area contributed by atoms with Gasteiger partial charge in [-0.15, -0.1) is 11.3 Å². The molecule has 0 spiro atoms. The van der Waals surface area contributed by atoms with E-state index in [2.05, 4.69) is 143 Å². The van der Waals surface area contributed by atoms with Gasteiger partial charge in [-0.1, -0.05) is 115 Å². The van der Waals surface area contributed by atoms with Gasteiger partial charge >= 0.3 is 0 Å². The van der Waals surface area contributed by atoms with Crippen molar-refractivity contribution in [3.63, 3.8) is 0 Å². The van der Waals surface area contributed by atoms with E-state index in [1.54, 1.807) is 0 Å². The number of hydrogen-bond donors (Lipinski definition) is 2. The molecular weight excluding hydrogens is 655 g/mol. The Hall–Kier alpha value is -6.52. The first-order chi connectivity index (χ1) is 25.7. The SMILES string of the molecule is N#Cc1cccc(C2N=C(c3ccccc3)NC(c3cccc(-n4c5ccccc5c5cc(-c6cccc7c6sc6ccccc67)ccc54)c3)N2)c1. The molecule has 1 aliphatic rings. The van der Waals surface area contributed by atoms with Crippen molar-refractivity contribution in [1.29, 1.82) is 5.26 Å². The predicted octanol–water partition coefficient (Wildman–Crippen LogP) is 11.0. The molecule has 246 valence electrons. The number of nitrogens with zero attached hydrogens (tertiary/aromatic N) is 3. The number of aliphatic imine (C=N–C) groups is 1. The van der Waals surface area contributed by atoms with Crippen LogP contribution in [0.2, 0.25) is 0 Å². The monoisotopic (exact) mass is 685 g/mol. The first kappa shape index (κ1) is 30.3. The van der Waals surface area contributed by atoms with E-state index in [1.807, 2.05) is 53.8 Å². The summed E-state index contributed by atoms with van der Waals surface area (Å²) in [5.41, 5.74) is 9.54. The fourth-order valence-electron chi connectivity index (χ4n) is 7.66. The highest BCUT2D eigenvalue weighted by Gasteiger charge is 2.26. The second-order valence-electron chi connectivity index (χ2n) is 13.2. The molecule has 0 saturated heterocycles. The van der Waals surface area contributed by atoms with Gasteiger partial charge in [0, 0.05) is 42.2 Å². The molecule has 9 aromatic rings. The molecule has 10 rings (SSSR count). The van der Waals surface area contributed by atoms with Crippen LogP contribution in [0.5, 0.6) is 0 Å². The van der Waals surface area contributed by atoms with Crippen molar-refractivity contribution in [3.05, 3.63) is 186 Å². The zero-order valence-corrected chi connectivity index (χ0v) is 28.8. The van der Waals surface area contributed by atoms with Crippen LogP contribution in [0, 0.1) is 11.3 Å². The van der Waals surface area contributed by atoms with Gasteiger partial charge in [-0.05, 0) is 70.8 Å². The van der Waals surface area contributed by atoms with E-state index < -0.39 is 0 Å². The van der Waals surface area contributed by atoms with Crippen LogP contribution >= 0.6 is 11.3 Å². The number of amidine groups is 1. The van der Waals surface area contributed by atoms with E-state index in [0.717, 1.165) is 39.2 Å². The van der Waals surface area contributed by atoms with E-state index in [4.69, 9.17) is 4.99 Å². The number of benzene rings is 7. The summed E-state index contributed by atoms with van der Waals surface area (Å²) in [7, 11) is 0. The molecule has 3 heterocycles. The summed E-state index contributed by atoms with van der Waals surface area (Å²) in [4.78, 5) is 5.07.